The van der Waals surface area contributed by atoms with Crippen LogP contribution in [0.3, 0.4) is 0 Å². The molecule has 0 aromatic heterocycles. The summed E-state index contributed by atoms with van der Waals surface area (Å²) in [5.74, 6) is 3.43. The van der Waals surface area contributed by atoms with E-state index < -0.39 is 0 Å². The van der Waals surface area contributed by atoms with E-state index in [0.29, 0.717) is 6.10 Å². The second-order valence-corrected chi connectivity index (χ2v) is 6.29. The molecular weight excluding hydrogens is 258 g/mol. The van der Waals surface area contributed by atoms with Crippen LogP contribution in [0.25, 0.3) is 0 Å². The zero-order valence-electron chi connectivity index (χ0n) is 11.1. The van der Waals surface area contributed by atoms with Crippen LogP contribution in [0, 0.1) is 0 Å². The molecule has 1 aromatic rings. The molecule has 3 nitrogen and oxygen atoms in total. The Morgan fingerprint density at radius 1 is 1.26 bits per heavy atom. The molecular formula is C15H21NO2S. The van der Waals surface area contributed by atoms with Crippen molar-refractivity contribution in [2.24, 2.45) is 0 Å². The quantitative estimate of drug-likeness (QED) is 0.921. The van der Waals surface area contributed by atoms with Gasteiger partial charge in [-0.15, -0.1) is 0 Å². The lowest BCUT2D eigenvalue weighted by molar-refractivity contribution is 0.0274. The van der Waals surface area contributed by atoms with Gasteiger partial charge >= 0.3 is 0 Å². The van der Waals surface area contributed by atoms with E-state index in [9.17, 15) is 0 Å². The molecule has 1 unspecified atom stereocenters. The van der Waals surface area contributed by atoms with Gasteiger partial charge in [-0.1, -0.05) is 12.1 Å². The first-order valence-electron chi connectivity index (χ1n) is 7.08. The maximum atomic E-state index is 6.10. The first-order valence-corrected chi connectivity index (χ1v) is 8.24. The van der Waals surface area contributed by atoms with Gasteiger partial charge in [0.25, 0.3) is 0 Å². The Kier molecular flexibility index (Phi) is 4.64. The number of hydrogen-bond acceptors (Lipinski definition) is 4. The summed E-state index contributed by atoms with van der Waals surface area (Å²) >= 11 is 2.03. The molecule has 2 saturated heterocycles. The van der Waals surface area contributed by atoms with Gasteiger partial charge in [0, 0.05) is 13.1 Å². The Morgan fingerprint density at radius 2 is 2.16 bits per heavy atom. The molecule has 2 aliphatic rings. The van der Waals surface area contributed by atoms with Crippen LogP contribution < -0.4 is 10.1 Å². The van der Waals surface area contributed by atoms with Gasteiger partial charge in [-0.3, -0.25) is 0 Å². The SMILES string of the molecule is c1cc(OC2CCSCC2)cc(C2CNCCO2)c1. The first kappa shape index (κ1) is 13.3. The topological polar surface area (TPSA) is 30.5 Å². The molecule has 0 radical (unpaired) electrons. The van der Waals surface area contributed by atoms with E-state index in [1.165, 1.54) is 17.1 Å². The predicted octanol–water partition coefficient (Wildman–Crippen LogP) is 2.62. The van der Waals surface area contributed by atoms with Crippen LogP contribution in [-0.2, 0) is 4.74 Å². The van der Waals surface area contributed by atoms with E-state index in [1.54, 1.807) is 0 Å². The summed E-state index contributed by atoms with van der Waals surface area (Å²) in [4.78, 5) is 0. The predicted molar refractivity (Wildman–Crippen MR) is 79.0 cm³/mol. The van der Waals surface area contributed by atoms with Crippen molar-refractivity contribution >= 4 is 11.8 Å². The number of rotatable bonds is 3. The highest BCUT2D eigenvalue weighted by Gasteiger charge is 2.18. The minimum atomic E-state index is 0.166. The Hall–Kier alpha value is -0.710. The monoisotopic (exact) mass is 279 g/mol. The number of morpholine rings is 1. The molecule has 0 spiro atoms. The van der Waals surface area contributed by atoms with E-state index in [4.69, 9.17) is 9.47 Å². The van der Waals surface area contributed by atoms with Gasteiger partial charge in [0.2, 0.25) is 0 Å². The molecule has 0 saturated carbocycles. The maximum absolute atomic E-state index is 6.10. The van der Waals surface area contributed by atoms with Crippen molar-refractivity contribution in [2.75, 3.05) is 31.2 Å². The van der Waals surface area contributed by atoms with E-state index in [0.717, 1.165) is 38.3 Å². The van der Waals surface area contributed by atoms with Crippen LogP contribution in [-0.4, -0.2) is 37.3 Å². The summed E-state index contributed by atoms with van der Waals surface area (Å²) < 4.78 is 11.9. The minimum absolute atomic E-state index is 0.166. The Bertz CT molecular complexity index is 401. The molecule has 0 aliphatic carbocycles. The van der Waals surface area contributed by atoms with Crippen LogP contribution in [0.1, 0.15) is 24.5 Å². The van der Waals surface area contributed by atoms with Gasteiger partial charge < -0.3 is 14.8 Å². The molecule has 0 bridgehead atoms. The molecule has 1 N–H and O–H groups in total. The van der Waals surface area contributed by atoms with Crippen molar-refractivity contribution in [3.05, 3.63) is 29.8 Å². The highest BCUT2D eigenvalue weighted by molar-refractivity contribution is 7.99. The van der Waals surface area contributed by atoms with Crippen molar-refractivity contribution in [2.45, 2.75) is 25.0 Å². The highest BCUT2D eigenvalue weighted by Crippen LogP contribution is 2.26. The summed E-state index contributed by atoms with van der Waals surface area (Å²) in [6.07, 6.45) is 2.88. The molecule has 4 heteroatoms. The fraction of sp³-hybridized carbons (Fsp3) is 0.600. The average molecular weight is 279 g/mol. The summed E-state index contributed by atoms with van der Waals surface area (Å²) in [5.41, 5.74) is 1.22. The maximum Gasteiger partial charge on any atom is 0.120 e. The van der Waals surface area contributed by atoms with Gasteiger partial charge in [0.05, 0.1) is 12.7 Å². The molecule has 19 heavy (non-hydrogen) atoms. The lowest BCUT2D eigenvalue weighted by Gasteiger charge is -2.26. The summed E-state index contributed by atoms with van der Waals surface area (Å²) in [6.45, 7) is 2.63. The Labute approximate surface area is 119 Å². The molecule has 2 fully saturated rings. The lowest BCUT2D eigenvalue weighted by atomic mass is 10.1. The Balaban J connectivity index is 1.64. The van der Waals surface area contributed by atoms with Crippen LogP contribution >= 0.6 is 11.8 Å². The summed E-state index contributed by atoms with van der Waals surface area (Å²) in [5, 5.41) is 3.37. The molecule has 1 aromatic carbocycles. The van der Waals surface area contributed by atoms with Crippen LogP contribution in [0.5, 0.6) is 5.75 Å². The van der Waals surface area contributed by atoms with E-state index >= 15 is 0 Å². The normalized spacial score (nSPS) is 25.2. The second-order valence-electron chi connectivity index (χ2n) is 5.07. The fourth-order valence-electron chi connectivity index (χ4n) is 2.55. The molecule has 104 valence electrons. The van der Waals surface area contributed by atoms with Crippen molar-refractivity contribution in [1.29, 1.82) is 0 Å². The average Bonchev–Trinajstić information content (AvgIpc) is 2.49. The van der Waals surface area contributed by atoms with E-state index in [-0.39, 0.29) is 6.10 Å². The van der Waals surface area contributed by atoms with Crippen molar-refractivity contribution in [3.8, 4) is 5.75 Å². The highest BCUT2D eigenvalue weighted by atomic mass is 32.2. The van der Waals surface area contributed by atoms with Gasteiger partial charge in [-0.2, -0.15) is 11.8 Å². The van der Waals surface area contributed by atoms with Crippen LogP contribution in [0.15, 0.2) is 24.3 Å². The largest absolute Gasteiger partial charge is 0.490 e. The van der Waals surface area contributed by atoms with E-state index in [1.807, 2.05) is 11.8 Å². The standard InChI is InChI=1S/C15H21NO2S/c1-2-12(15-11-16-6-7-17-15)10-14(3-1)18-13-4-8-19-9-5-13/h1-3,10,13,15-16H,4-9,11H2. The zero-order chi connectivity index (χ0) is 12.9. The van der Waals surface area contributed by atoms with Gasteiger partial charge in [0.1, 0.15) is 11.9 Å². The van der Waals surface area contributed by atoms with Crippen molar-refractivity contribution in [1.82, 2.24) is 5.32 Å². The number of hydrogen-bond donors (Lipinski definition) is 1. The molecule has 1 atom stereocenters. The number of ether oxygens (including phenoxy) is 2. The smallest absolute Gasteiger partial charge is 0.120 e. The van der Waals surface area contributed by atoms with E-state index in [2.05, 4.69) is 29.6 Å². The van der Waals surface area contributed by atoms with Gasteiger partial charge in [0.15, 0.2) is 0 Å². The third-order valence-corrected chi connectivity index (χ3v) is 4.68. The zero-order valence-corrected chi connectivity index (χ0v) is 12.0. The number of thioether (sulfide) groups is 1. The van der Waals surface area contributed by atoms with Crippen molar-refractivity contribution < 1.29 is 9.47 Å². The van der Waals surface area contributed by atoms with Crippen LogP contribution in [0.2, 0.25) is 0 Å². The molecule has 3 rings (SSSR count). The summed E-state index contributed by atoms with van der Waals surface area (Å²) in [7, 11) is 0. The second kappa shape index (κ2) is 6.64. The van der Waals surface area contributed by atoms with Gasteiger partial charge in [-0.05, 0) is 42.0 Å². The van der Waals surface area contributed by atoms with Crippen LogP contribution in [0.4, 0.5) is 0 Å². The third-order valence-electron chi connectivity index (χ3n) is 3.63. The molecule has 2 aliphatic heterocycles. The molecule has 0 amide bonds. The van der Waals surface area contributed by atoms with Crippen molar-refractivity contribution in [3.63, 3.8) is 0 Å². The lowest BCUT2D eigenvalue weighted by Crippen LogP contribution is -2.33. The fourth-order valence-corrected chi connectivity index (χ4v) is 3.62. The summed E-state index contributed by atoms with van der Waals surface area (Å²) in [6, 6.07) is 8.39. The first-order chi connectivity index (χ1) is 9.42. The number of benzene rings is 1. The minimum Gasteiger partial charge on any atom is -0.490 e. The third kappa shape index (κ3) is 3.65. The number of nitrogens with one attached hydrogen (secondary N) is 1. The molecule has 2 heterocycles. The Morgan fingerprint density at radius 3 is 2.95 bits per heavy atom. The van der Waals surface area contributed by atoms with Gasteiger partial charge in [-0.25, -0.2) is 0 Å².